The van der Waals surface area contributed by atoms with Crippen LogP contribution in [-0.4, -0.2) is 10.2 Å². The number of rotatable bonds is 4. The molecule has 0 radical (unpaired) electrons. The summed E-state index contributed by atoms with van der Waals surface area (Å²) in [5, 5.41) is 28.5. The Kier molecular flexibility index (Phi) is 7.45. The van der Waals surface area contributed by atoms with Crippen molar-refractivity contribution in [2.45, 2.75) is 66.7 Å². The Hall–Kier alpha value is -6.06. The number of phenolic OH excluding ortho intramolecular Hbond substituents is 2. The minimum absolute atomic E-state index is 0.0379. The number of hydrogen-bond acceptors (Lipinski definition) is 3. The van der Waals surface area contributed by atoms with E-state index in [1.54, 1.807) is 0 Å². The molecule has 0 atom stereocenters. The van der Waals surface area contributed by atoms with Crippen LogP contribution in [0.3, 0.4) is 0 Å². The number of allylic oxidation sites excluding steroid dienone is 8. The zero-order chi connectivity index (χ0) is 37.9. The molecule has 10 rings (SSSR count). The average Bonchev–Trinajstić information content (AvgIpc) is 3.88. The monoisotopic (exact) mass is 716 g/mol. The third-order valence-corrected chi connectivity index (χ3v) is 13.2. The summed E-state index contributed by atoms with van der Waals surface area (Å²) in [6, 6.07) is 31.0. The van der Waals surface area contributed by atoms with E-state index in [4.69, 9.17) is 4.42 Å². The van der Waals surface area contributed by atoms with E-state index in [1.165, 1.54) is 66.6 Å². The molecule has 0 bridgehead atoms. The first-order valence-corrected chi connectivity index (χ1v) is 19.5. The first-order chi connectivity index (χ1) is 26.6. The standard InChI is InChI=1S/C52H44O3/c1-27-28(2)30(4)45(29(27)3)50-39-18-11-10-17-38(39)49(46-31(5)51(53)52(54)32(6)47(46)50)41-21-12-16-35-25-42-37(19-13-20-40(42)48(35)41)34-22-23-43-36(24-34)26-44(55-43)33-14-8-7-9-15-33/h8,10-24,26,45,53-54H,7,9,25H2,1-6H3. The van der Waals surface area contributed by atoms with Crippen LogP contribution in [0.15, 0.2) is 130 Å². The van der Waals surface area contributed by atoms with Crippen molar-refractivity contribution in [3.8, 4) is 44.9 Å². The summed E-state index contributed by atoms with van der Waals surface area (Å²) < 4.78 is 6.32. The second kappa shape index (κ2) is 12.2. The molecule has 7 aromatic rings. The predicted octanol–water partition coefficient (Wildman–Crippen LogP) is 14.2. The van der Waals surface area contributed by atoms with Gasteiger partial charge in [-0.05, 0) is 162 Å². The molecule has 0 saturated carbocycles. The molecule has 3 aliphatic rings. The molecule has 0 amide bonds. The Morgan fingerprint density at radius 2 is 1.33 bits per heavy atom. The molecule has 0 aliphatic heterocycles. The number of aryl methyl sites for hydroxylation is 2. The number of aromatic hydroxyl groups is 2. The fraction of sp³-hybridized carbons (Fsp3) is 0.192. The van der Waals surface area contributed by atoms with Crippen LogP contribution in [-0.2, 0) is 6.42 Å². The molecule has 1 heterocycles. The fourth-order valence-corrected chi connectivity index (χ4v) is 10.1. The largest absolute Gasteiger partial charge is 0.504 e. The Bertz CT molecular complexity index is 2950. The fourth-order valence-electron chi connectivity index (χ4n) is 10.1. The molecule has 0 spiro atoms. The van der Waals surface area contributed by atoms with Crippen molar-refractivity contribution >= 4 is 38.1 Å². The number of phenols is 2. The van der Waals surface area contributed by atoms with Crippen molar-refractivity contribution in [3.05, 3.63) is 159 Å². The Labute approximate surface area is 322 Å². The number of hydrogen-bond donors (Lipinski definition) is 2. The van der Waals surface area contributed by atoms with Crippen LogP contribution in [0, 0.1) is 13.8 Å². The first kappa shape index (κ1) is 33.5. The molecule has 3 heteroatoms. The Morgan fingerprint density at radius 1 is 0.636 bits per heavy atom. The summed E-state index contributed by atoms with van der Waals surface area (Å²) in [5.74, 6) is 0.913. The van der Waals surface area contributed by atoms with Gasteiger partial charge < -0.3 is 14.6 Å². The SMILES string of the molecule is CC1=C(C)C(c2c3ccccc3c(-c3cccc4c3-c3cccc(-c5ccc6oc(C7=CCCC=C7)cc6c5)c3C4)c3c(C)c(O)c(O)c(C)c23)C(C)=C1C. The predicted molar refractivity (Wildman–Crippen MR) is 229 cm³/mol. The number of fused-ring (bicyclic) bond motifs is 6. The van der Waals surface area contributed by atoms with E-state index in [-0.39, 0.29) is 17.4 Å². The molecule has 55 heavy (non-hydrogen) atoms. The zero-order valence-corrected chi connectivity index (χ0v) is 32.3. The maximum absolute atomic E-state index is 11.6. The Balaban J connectivity index is 1.22. The maximum atomic E-state index is 11.6. The summed E-state index contributed by atoms with van der Waals surface area (Å²) in [4.78, 5) is 0. The van der Waals surface area contributed by atoms with Gasteiger partial charge in [-0.3, -0.25) is 0 Å². The van der Waals surface area contributed by atoms with Crippen molar-refractivity contribution in [2.75, 3.05) is 0 Å². The molecule has 0 saturated heterocycles. The van der Waals surface area contributed by atoms with E-state index in [1.807, 2.05) is 13.8 Å². The summed E-state index contributed by atoms with van der Waals surface area (Å²) >= 11 is 0. The van der Waals surface area contributed by atoms with Crippen LogP contribution in [0.5, 0.6) is 11.5 Å². The highest BCUT2D eigenvalue weighted by atomic mass is 16.3. The molecule has 1 aromatic heterocycles. The van der Waals surface area contributed by atoms with Gasteiger partial charge in [-0.25, -0.2) is 0 Å². The highest BCUT2D eigenvalue weighted by Crippen LogP contribution is 2.56. The van der Waals surface area contributed by atoms with Gasteiger partial charge in [-0.2, -0.15) is 0 Å². The minimum Gasteiger partial charge on any atom is -0.504 e. The second-order valence-corrected chi connectivity index (χ2v) is 15.9. The van der Waals surface area contributed by atoms with Crippen LogP contribution in [0.4, 0.5) is 0 Å². The van der Waals surface area contributed by atoms with Crippen LogP contribution in [0.1, 0.15) is 80.0 Å². The minimum atomic E-state index is -0.0466. The highest BCUT2D eigenvalue weighted by Gasteiger charge is 2.34. The molecule has 3 nitrogen and oxygen atoms in total. The molecule has 2 N–H and O–H groups in total. The average molecular weight is 717 g/mol. The molecular formula is C52H44O3. The van der Waals surface area contributed by atoms with Crippen molar-refractivity contribution < 1.29 is 14.6 Å². The summed E-state index contributed by atoms with van der Waals surface area (Å²) in [6.45, 7) is 12.9. The summed E-state index contributed by atoms with van der Waals surface area (Å²) in [7, 11) is 0. The molecule has 270 valence electrons. The lowest BCUT2D eigenvalue weighted by Crippen LogP contribution is -2.05. The second-order valence-electron chi connectivity index (χ2n) is 15.9. The lowest BCUT2D eigenvalue weighted by molar-refractivity contribution is 0.400. The smallest absolute Gasteiger partial charge is 0.161 e. The van der Waals surface area contributed by atoms with Gasteiger partial charge in [0.25, 0.3) is 0 Å². The lowest BCUT2D eigenvalue weighted by atomic mass is 9.76. The normalized spacial score (nSPS) is 15.6. The van der Waals surface area contributed by atoms with Gasteiger partial charge in [0.05, 0.1) is 0 Å². The van der Waals surface area contributed by atoms with Gasteiger partial charge in [-0.1, -0.05) is 96.1 Å². The third-order valence-electron chi connectivity index (χ3n) is 13.2. The van der Waals surface area contributed by atoms with Gasteiger partial charge in [0.2, 0.25) is 0 Å². The van der Waals surface area contributed by atoms with E-state index in [0.29, 0.717) is 11.1 Å². The van der Waals surface area contributed by atoms with Gasteiger partial charge in [-0.15, -0.1) is 0 Å². The van der Waals surface area contributed by atoms with Crippen molar-refractivity contribution in [1.82, 2.24) is 0 Å². The van der Waals surface area contributed by atoms with Crippen LogP contribution in [0.25, 0.3) is 71.5 Å². The van der Waals surface area contributed by atoms with Gasteiger partial charge in [0.1, 0.15) is 11.3 Å². The van der Waals surface area contributed by atoms with Crippen molar-refractivity contribution in [2.24, 2.45) is 0 Å². The topological polar surface area (TPSA) is 53.6 Å². The van der Waals surface area contributed by atoms with Crippen LogP contribution < -0.4 is 0 Å². The summed E-state index contributed by atoms with van der Waals surface area (Å²) in [5.41, 5.74) is 19.8. The van der Waals surface area contributed by atoms with Gasteiger partial charge in [0, 0.05) is 28.0 Å². The maximum Gasteiger partial charge on any atom is 0.161 e. The van der Waals surface area contributed by atoms with Gasteiger partial charge >= 0.3 is 0 Å². The molecule has 0 fully saturated rings. The number of furan rings is 1. The molecule has 6 aromatic carbocycles. The van der Waals surface area contributed by atoms with Crippen LogP contribution >= 0.6 is 0 Å². The first-order valence-electron chi connectivity index (χ1n) is 19.5. The van der Waals surface area contributed by atoms with Crippen molar-refractivity contribution in [1.29, 1.82) is 0 Å². The van der Waals surface area contributed by atoms with E-state index in [0.717, 1.165) is 68.9 Å². The Morgan fingerprint density at radius 3 is 2.07 bits per heavy atom. The van der Waals surface area contributed by atoms with E-state index in [9.17, 15) is 10.2 Å². The van der Waals surface area contributed by atoms with Gasteiger partial charge in [0.15, 0.2) is 11.5 Å². The van der Waals surface area contributed by atoms with E-state index in [2.05, 4.69) is 131 Å². The van der Waals surface area contributed by atoms with Crippen LogP contribution in [0.2, 0.25) is 0 Å². The third kappa shape index (κ3) is 4.75. The molecule has 0 unspecified atom stereocenters. The molecular weight excluding hydrogens is 673 g/mol. The summed E-state index contributed by atoms with van der Waals surface area (Å²) in [6.07, 6.45) is 9.59. The van der Waals surface area contributed by atoms with E-state index < -0.39 is 0 Å². The molecule has 3 aliphatic carbocycles. The zero-order valence-electron chi connectivity index (χ0n) is 32.3. The lowest BCUT2D eigenvalue weighted by Gasteiger charge is -2.27. The number of benzene rings is 6. The van der Waals surface area contributed by atoms with E-state index >= 15 is 0 Å². The highest BCUT2D eigenvalue weighted by molar-refractivity contribution is 6.20. The quantitative estimate of drug-likeness (QED) is 0.141. The van der Waals surface area contributed by atoms with Crippen molar-refractivity contribution in [3.63, 3.8) is 0 Å².